The van der Waals surface area contributed by atoms with Gasteiger partial charge in [0.2, 0.25) is 5.91 Å². The molecule has 2 aromatic heterocycles. The summed E-state index contributed by atoms with van der Waals surface area (Å²) < 4.78 is 0. The zero-order valence-electron chi connectivity index (χ0n) is 14.9. The van der Waals surface area contributed by atoms with Crippen molar-refractivity contribution in [2.75, 3.05) is 43.2 Å². The predicted molar refractivity (Wildman–Crippen MR) is 103 cm³/mol. The molecule has 0 unspecified atom stereocenters. The van der Waals surface area contributed by atoms with Gasteiger partial charge >= 0.3 is 0 Å². The first-order valence-electron chi connectivity index (χ1n) is 8.28. The van der Waals surface area contributed by atoms with Crippen LogP contribution in [0.1, 0.15) is 20.8 Å². The van der Waals surface area contributed by atoms with Gasteiger partial charge in [-0.25, -0.2) is 9.97 Å². The highest BCUT2D eigenvalue weighted by Gasteiger charge is 2.35. The Bertz CT molecular complexity index is 897. The zero-order chi connectivity index (χ0) is 18.4. The number of likely N-dealkylation sites (N-methyl/N-ethyl adjacent to an activating group) is 2. The monoisotopic (exact) mass is 389 g/mol. The van der Waals surface area contributed by atoms with Crippen molar-refractivity contribution in [1.82, 2.24) is 14.9 Å². The number of carbonyl (C=O) groups excluding carboxylic acids is 2. The van der Waals surface area contributed by atoms with Crippen LogP contribution in [0, 0.1) is 0 Å². The molecule has 7 nitrogen and oxygen atoms in total. The SMILES string of the molecule is CSc1nccc(N2CCc3c(sc4c3C(=O)N(C)CC(=O)N4C)C2)n1. The van der Waals surface area contributed by atoms with E-state index < -0.39 is 0 Å². The molecule has 0 fully saturated rings. The minimum absolute atomic E-state index is 0.0598. The first kappa shape index (κ1) is 17.3. The summed E-state index contributed by atoms with van der Waals surface area (Å²) >= 11 is 3.06. The van der Waals surface area contributed by atoms with E-state index in [2.05, 4.69) is 14.9 Å². The van der Waals surface area contributed by atoms with Crippen LogP contribution in [0.25, 0.3) is 0 Å². The number of thioether (sulfide) groups is 1. The fraction of sp³-hybridized carbons (Fsp3) is 0.412. The highest BCUT2D eigenvalue weighted by Crippen LogP contribution is 2.41. The van der Waals surface area contributed by atoms with E-state index in [0.717, 1.165) is 39.4 Å². The van der Waals surface area contributed by atoms with Crippen LogP contribution in [0.3, 0.4) is 0 Å². The summed E-state index contributed by atoms with van der Waals surface area (Å²) in [6.45, 7) is 1.60. The number of carbonyl (C=O) groups is 2. The van der Waals surface area contributed by atoms with Crippen LogP contribution in [0.15, 0.2) is 17.4 Å². The Morgan fingerprint density at radius 1 is 1.23 bits per heavy atom. The summed E-state index contributed by atoms with van der Waals surface area (Å²) in [5.41, 5.74) is 1.78. The van der Waals surface area contributed by atoms with Crippen molar-refractivity contribution in [2.24, 2.45) is 0 Å². The van der Waals surface area contributed by atoms with E-state index in [1.165, 1.54) is 16.7 Å². The van der Waals surface area contributed by atoms with Crippen LogP contribution in [-0.4, -0.2) is 60.1 Å². The molecule has 136 valence electrons. The number of hydrogen-bond acceptors (Lipinski definition) is 7. The van der Waals surface area contributed by atoms with Crippen molar-refractivity contribution < 1.29 is 9.59 Å². The highest BCUT2D eigenvalue weighted by molar-refractivity contribution is 7.98. The van der Waals surface area contributed by atoms with Gasteiger partial charge in [0.25, 0.3) is 5.91 Å². The van der Waals surface area contributed by atoms with Crippen LogP contribution >= 0.6 is 23.1 Å². The molecule has 2 amide bonds. The lowest BCUT2D eigenvalue weighted by molar-refractivity contribution is -0.118. The molecular weight excluding hydrogens is 370 g/mol. The molecule has 0 spiro atoms. The molecule has 0 aromatic carbocycles. The molecule has 9 heteroatoms. The average molecular weight is 390 g/mol. The Labute approximate surface area is 160 Å². The topological polar surface area (TPSA) is 69.6 Å². The van der Waals surface area contributed by atoms with E-state index in [-0.39, 0.29) is 18.4 Å². The van der Waals surface area contributed by atoms with E-state index in [1.807, 2.05) is 12.3 Å². The van der Waals surface area contributed by atoms with Crippen molar-refractivity contribution >= 4 is 45.7 Å². The van der Waals surface area contributed by atoms with Crippen LogP contribution in [0.4, 0.5) is 10.8 Å². The Hall–Kier alpha value is -2.13. The van der Waals surface area contributed by atoms with Gasteiger partial charge in [-0.3, -0.25) is 9.59 Å². The number of aromatic nitrogens is 2. The van der Waals surface area contributed by atoms with Crippen LogP contribution < -0.4 is 9.80 Å². The van der Waals surface area contributed by atoms with E-state index in [9.17, 15) is 9.59 Å². The molecule has 2 aliphatic heterocycles. The fourth-order valence-corrected chi connectivity index (χ4v) is 5.02. The lowest BCUT2D eigenvalue weighted by atomic mass is 10.0. The third-order valence-electron chi connectivity index (χ3n) is 4.78. The number of amides is 2. The molecule has 0 saturated carbocycles. The summed E-state index contributed by atoms with van der Waals surface area (Å²) in [5, 5.41) is 1.51. The van der Waals surface area contributed by atoms with Gasteiger partial charge in [-0.15, -0.1) is 11.3 Å². The zero-order valence-corrected chi connectivity index (χ0v) is 16.5. The largest absolute Gasteiger partial charge is 0.351 e. The van der Waals surface area contributed by atoms with Crippen molar-refractivity contribution in [3.63, 3.8) is 0 Å². The normalized spacial score (nSPS) is 17.3. The Morgan fingerprint density at radius 3 is 2.81 bits per heavy atom. The molecule has 0 bridgehead atoms. The third kappa shape index (κ3) is 2.75. The average Bonchev–Trinajstić information content (AvgIpc) is 3.01. The van der Waals surface area contributed by atoms with E-state index in [0.29, 0.717) is 12.1 Å². The second-order valence-corrected chi connectivity index (χ2v) is 8.23. The number of thiophene rings is 1. The summed E-state index contributed by atoms with van der Waals surface area (Å²) in [4.78, 5) is 40.4. The van der Waals surface area contributed by atoms with Crippen LogP contribution in [0.5, 0.6) is 0 Å². The van der Waals surface area contributed by atoms with Gasteiger partial charge < -0.3 is 14.7 Å². The first-order chi connectivity index (χ1) is 12.5. The number of nitrogens with zero attached hydrogens (tertiary/aromatic N) is 5. The molecule has 2 aliphatic rings. The Kier molecular flexibility index (Phi) is 4.36. The van der Waals surface area contributed by atoms with Crippen molar-refractivity contribution in [3.05, 3.63) is 28.3 Å². The quantitative estimate of drug-likeness (QED) is 0.577. The van der Waals surface area contributed by atoms with Gasteiger partial charge in [-0.2, -0.15) is 0 Å². The number of rotatable bonds is 2. The maximum absolute atomic E-state index is 12.8. The molecule has 4 rings (SSSR count). The van der Waals surface area contributed by atoms with Crippen LogP contribution in [0.2, 0.25) is 0 Å². The minimum Gasteiger partial charge on any atom is -0.351 e. The van der Waals surface area contributed by atoms with Gasteiger partial charge in [-0.1, -0.05) is 11.8 Å². The van der Waals surface area contributed by atoms with Gasteiger partial charge in [0.1, 0.15) is 17.4 Å². The first-order valence-corrected chi connectivity index (χ1v) is 10.3. The number of hydrogen-bond donors (Lipinski definition) is 0. The maximum atomic E-state index is 12.8. The standard InChI is InChI=1S/C17H19N5O2S2/c1-20-9-13(23)21(2)16-14(15(20)24)10-5-7-22(8-11(10)26-16)12-4-6-18-17(19-12)25-3/h4,6H,5,7-9H2,1-3H3. The molecular formula is C17H19N5O2S2. The van der Waals surface area contributed by atoms with E-state index >= 15 is 0 Å². The summed E-state index contributed by atoms with van der Waals surface area (Å²) in [7, 11) is 3.44. The second kappa shape index (κ2) is 6.55. The Morgan fingerprint density at radius 2 is 2.04 bits per heavy atom. The van der Waals surface area contributed by atoms with Gasteiger partial charge in [0.05, 0.1) is 12.1 Å². The molecule has 26 heavy (non-hydrogen) atoms. The van der Waals surface area contributed by atoms with Crippen molar-refractivity contribution in [1.29, 1.82) is 0 Å². The van der Waals surface area contributed by atoms with Crippen LogP contribution in [-0.2, 0) is 17.8 Å². The Balaban J connectivity index is 1.71. The van der Waals surface area contributed by atoms with Gasteiger partial charge in [0, 0.05) is 31.7 Å². The second-order valence-electron chi connectivity index (χ2n) is 6.37. The lowest BCUT2D eigenvalue weighted by Gasteiger charge is -2.28. The fourth-order valence-electron chi connectivity index (χ4n) is 3.33. The molecule has 0 aliphatic carbocycles. The minimum atomic E-state index is -0.0599. The third-order valence-corrected chi connectivity index (χ3v) is 6.63. The summed E-state index contributed by atoms with van der Waals surface area (Å²) in [6, 6.07) is 1.91. The number of anilines is 2. The molecule has 0 radical (unpaired) electrons. The van der Waals surface area contributed by atoms with Gasteiger partial charge in [-0.05, 0) is 24.3 Å². The molecule has 0 N–H and O–H groups in total. The van der Waals surface area contributed by atoms with Crippen molar-refractivity contribution in [2.45, 2.75) is 18.1 Å². The summed E-state index contributed by atoms with van der Waals surface area (Å²) in [5.74, 6) is 0.775. The van der Waals surface area contributed by atoms with Gasteiger partial charge in [0.15, 0.2) is 5.16 Å². The maximum Gasteiger partial charge on any atom is 0.257 e. The molecule has 2 aromatic rings. The highest BCUT2D eigenvalue weighted by atomic mass is 32.2. The van der Waals surface area contributed by atoms with E-state index in [1.54, 1.807) is 36.5 Å². The summed E-state index contributed by atoms with van der Waals surface area (Å²) in [6.07, 6.45) is 4.50. The molecule has 4 heterocycles. The smallest absolute Gasteiger partial charge is 0.257 e. The number of fused-ring (bicyclic) bond motifs is 3. The lowest BCUT2D eigenvalue weighted by Crippen LogP contribution is -2.36. The molecule has 0 saturated heterocycles. The molecule has 0 atom stereocenters. The predicted octanol–water partition coefficient (Wildman–Crippen LogP) is 1.87. The van der Waals surface area contributed by atoms with E-state index in [4.69, 9.17) is 0 Å². The van der Waals surface area contributed by atoms with Crippen molar-refractivity contribution in [3.8, 4) is 0 Å².